The highest BCUT2D eigenvalue weighted by Gasteiger charge is 2.21. The Morgan fingerprint density at radius 1 is 1.86 bits per heavy atom. The van der Waals surface area contributed by atoms with Crippen molar-refractivity contribution in [2.45, 2.75) is 19.4 Å². The first-order chi connectivity index (χ1) is 6.77. The Hall–Kier alpha value is -0.750. The largest absolute Gasteiger partial charge is 0.433 e. The summed E-state index contributed by atoms with van der Waals surface area (Å²) in [6, 6.07) is 0. The molecular formula is C8H14N2O3S. The molecule has 0 aromatic heterocycles. The molecule has 0 bridgehead atoms. The van der Waals surface area contributed by atoms with E-state index < -0.39 is 6.09 Å². The second-order valence-corrected chi connectivity index (χ2v) is 3.79. The van der Waals surface area contributed by atoms with Crippen molar-refractivity contribution in [3.05, 3.63) is 0 Å². The number of ether oxygens (including phenoxy) is 1. The Kier molecular flexibility index (Phi) is 4.75. The van der Waals surface area contributed by atoms with Crippen LogP contribution in [-0.2, 0) is 9.57 Å². The molecule has 1 aliphatic heterocycles. The average molecular weight is 218 g/mol. The van der Waals surface area contributed by atoms with Gasteiger partial charge < -0.3 is 10.1 Å². The molecule has 0 spiro atoms. The molecule has 6 heteroatoms. The minimum atomic E-state index is -0.557. The summed E-state index contributed by atoms with van der Waals surface area (Å²) in [5.41, 5.74) is 0. The van der Waals surface area contributed by atoms with E-state index in [0.29, 0.717) is 0 Å². The molecule has 1 rings (SSSR count). The lowest BCUT2D eigenvalue weighted by Gasteiger charge is -2.21. The molecule has 0 radical (unpaired) electrons. The molecule has 1 unspecified atom stereocenters. The molecule has 0 aliphatic carbocycles. The Balaban J connectivity index is 2.50. The molecule has 1 N–H and O–H groups in total. The molecule has 14 heavy (non-hydrogen) atoms. The van der Waals surface area contributed by atoms with Gasteiger partial charge in [-0.1, -0.05) is 12.1 Å². The van der Waals surface area contributed by atoms with Crippen LogP contribution in [0.4, 0.5) is 4.79 Å². The van der Waals surface area contributed by atoms with Crippen molar-refractivity contribution in [3.8, 4) is 0 Å². The van der Waals surface area contributed by atoms with Crippen LogP contribution in [0.15, 0.2) is 5.16 Å². The van der Waals surface area contributed by atoms with Crippen molar-refractivity contribution in [3.63, 3.8) is 0 Å². The molecule has 1 saturated heterocycles. The van der Waals surface area contributed by atoms with E-state index in [0.717, 1.165) is 23.8 Å². The number of nitrogens with zero attached hydrogens (tertiary/aromatic N) is 1. The quantitative estimate of drug-likeness (QED) is 0.559. The van der Waals surface area contributed by atoms with Crippen molar-refractivity contribution in [2.75, 3.05) is 19.4 Å². The number of hydrogen-bond donors (Lipinski definition) is 1. The summed E-state index contributed by atoms with van der Waals surface area (Å²) >= 11 is 1.57. The SMILES string of the molecule is CCC1OCCS/C1=N\OC(=O)NC. The number of rotatable bonds is 2. The fourth-order valence-electron chi connectivity index (χ4n) is 1.01. The number of amides is 1. The molecule has 1 aliphatic rings. The van der Waals surface area contributed by atoms with Gasteiger partial charge in [0.25, 0.3) is 0 Å². The third kappa shape index (κ3) is 3.19. The van der Waals surface area contributed by atoms with Gasteiger partial charge in [0.15, 0.2) is 0 Å². The minimum absolute atomic E-state index is 0.0293. The van der Waals surface area contributed by atoms with Crippen LogP contribution in [0, 0.1) is 0 Å². The van der Waals surface area contributed by atoms with Crippen LogP contribution in [0.1, 0.15) is 13.3 Å². The monoisotopic (exact) mass is 218 g/mol. The summed E-state index contributed by atoms with van der Waals surface area (Å²) < 4.78 is 5.44. The molecular weight excluding hydrogens is 204 g/mol. The fraction of sp³-hybridized carbons (Fsp3) is 0.750. The highest BCUT2D eigenvalue weighted by atomic mass is 32.2. The standard InChI is InChI=1S/C8H14N2O3S/c1-3-6-7(14-5-4-12-6)10-13-8(11)9-2/h6H,3-5H2,1-2H3,(H,9,11)/b10-7-. The van der Waals surface area contributed by atoms with Crippen LogP contribution in [0.3, 0.4) is 0 Å². The van der Waals surface area contributed by atoms with Crippen molar-refractivity contribution >= 4 is 22.9 Å². The molecule has 80 valence electrons. The molecule has 1 fully saturated rings. The Morgan fingerprint density at radius 3 is 3.29 bits per heavy atom. The lowest BCUT2D eigenvalue weighted by molar-refractivity contribution is 0.103. The zero-order chi connectivity index (χ0) is 10.4. The average Bonchev–Trinajstić information content (AvgIpc) is 2.26. The first-order valence-electron chi connectivity index (χ1n) is 4.49. The zero-order valence-electron chi connectivity index (χ0n) is 8.28. The third-order valence-electron chi connectivity index (χ3n) is 1.72. The second kappa shape index (κ2) is 5.87. The molecule has 0 aromatic carbocycles. The maximum atomic E-state index is 10.8. The lowest BCUT2D eigenvalue weighted by Crippen LogP contribution is -2.28. The minimum Gasteiger partial charge on any atom is -0.370 e. The summed E-state index contributed by atoms with van der Waals surface area (Å²) in [5.74, 6) is 0.854. The lowest BCUT2D eigenvalue weighted by atomic mass is 10.3. The number of carbonyl (C=O) groups excluding carboxylic acids is 1. The Labute approximate surface area is 87.2 Å². The van der Waals surface area contributed by atoms with Crippen LogP contribution < -0.4 is 5.32 Å². The van der Waals surface area contributed by atoms with E-state index in [2.05, 4.69) is 15.3 Å². The van der Waals surface area contributed by atoms with E-state index in [-0.39, 0.29) is 6.10 Å². The summed E-state index contributed by atoms with van der Waals surface area (Å²) in [6.07, 6.45) is 0.250. The number of oxime groups is 1. The molecule has 1 amide bonds. The van der Waals surface area contributed by atoms with Crippen LogP contribution >= 0.6 is 11.8 Å². The number of nitrogens with one attached hydrogen (secondary N) is 1. The van der Waals surface area contributed by atoms with Gasteiger partial charge in [0.05, 0.1) is 6.61 Å². The molecule has 0 saturated carbocycles. The predicted molar refractivity (Wildman–Crippen MR) is 55.5 cm³/mol. The number of thioether (sulfide) groups is 1. The van der Waals surface area contributed by atoms with E-state index in [1.807, 2.05) is 6.92 Å². The predicted octanol–water partition coefficient (Wildman–Crippen LogP) is 1.20. The van der Waals surface area contributed by atoms with E-state index in [1.165, 1.54) is 7.05 Å². The highest BCUT2D eigenvalue weighted by Crippen LogP contribution is 2.19. The summed E-state index contributed by atoms with van der Waals surface area (Å²) in [6.45, 7) is 2.73. The normalized spacial score (nSPS) is 24.7. The van der Waals surface area contributed by atoms with Gasteiger partial charge in [-0.15, -0.1) is 11.8 Å². The molecule has 1 heterocycles. The Morgan fingerprint density at radius 2 is 2.64 bits per heavy atom. The van der Waals surface area contributed by atoms with Crippen molar-refractivity contribution in [1.82, 2.24) is 5.32 Å². The smallest absolute Gasteiger partial charge is 0.370 e. The van der Waals surface area contributed by atoms with Gasteiger partial charge in [-0.05, 0) is 6.42 Å². The van der Waals surface area contributed by atoms with Crippen molar-refractivity contribution in [2.24, 2.45) is 5.16 Å². The summed E-state index contributed by atoms with van der Waals surface area (Å²) in [5, 5.41) is 6.81. The second-order valence-electron chi connectivity index (χ2n) is 2.67. The van der Waals surface area contributed by atoms with Crippen LogP contribution in [0.5, 0.6) is 0 Å². The third-order valence-corrected chi connectivity index (χ3v) is 2.73. The van der Waals surface area contributed by atoms with Crippen LogP contribution in [0.2, 0.25) is 0 Å². The van der Waals surface area contributed by atoms with Gasteiger partial charge in [0.2, 0.25) is 0 Å². The Bertz CT molecular complexity index is 233. The highest BCUT2D eigenvalue weighted by molar-refractivity contribution is 8.14. The summed E-state index contributed by atoms with van der Waals surface area (Å²) in [4.78, 5) is 15.4. The maximum absolute atomic E-state index is 10.8. The van der Waals surface area contributed by atoms with Crippen LogP contribution in [-0.4, -0.2) is 36.6 Å². The van der Waals surface area contributed by atoms with Gasteiger partial charge in [0.1, 0.15) is 11.1 Å². The van der Waals surface area contributed by atoms with Gasteiger partial charge in [0, 0.05) is 12.8 Å². The van der Waals surface area contributed by atoms with Gasteiger partial charge in [-0.25, -0.2) is 4.79 Å². The molecule has 5 nitrogen and oxygen atoms in total. The van der Waals surface area contributed by atoms with Crippen molar-refractivity contribution in [1.29, 1.82) is 0 Å². The summed E-state index contributed by atoms with van der Waals surface area (Å²) in [7, 11) is 1.49. The van der Waals surface area contributed by atoms with E-state index in [9.17, 15) is 4.79 Å². The zero-order valence-corrected chi connectivity index (χ0v) is 9.10. The van der Waals surface area contributed by atoms with Crippen LogP contribution in [0.25, 0.3) is 0 Å². The van der Waals surface area contributed by atoms with Gasteiger partial charge in [-0.2, -0.15) is 0 Å². The first kappa shape index (κ1) is 11.3. The van der Waals surface area contributed by atoms with E-state index in [4.69, 9.17) is 4.74 Å². The van der Waals surface area contributed by atoms with E-state index in [1.54, 1.807) is 11.8 Å². The first-order valence-corrected chi connectivity index (χ1v) is 5.47. The van der Waals surface area contributed by atoms with Crippen molar-refractivity contribution < 1.29 is 14.4 Å². The van der Waals surface area contributed by atoms with Gasteiger partial charge >= 0.3 is 6.09 Å². The molecule has 0 aromatic rings. The number of hydrogen-bond acceptors (Lipinski definition) is 5. The van der Waals surface area contributed by atoms with Gasteiger partial charge in [-0.3, -0.25) is 4.84 Å². The van der Waals surface area contributed by atoms with E-state index >= 15 is 0 Å². The maximum Gasteiger partial charge on any atom is 0.433 e. The molecule has 1 atom stereocenters. The fourth-order valence-corrected chi connectivity index (χ4v) is 1.91. The topological polar surface area (TPSA) is 59.9 Å². The number of carbonyl (C=O) groups is 1.